The van der Waals surface area contributed by atoms with Gasteiger partial charge in [-0.1, -0.05) is 24.3 Å². The molecule has 1 fully saturated rings. The van der Waals surface area contributed by atoms with Gasteiger partial charge in [-0.15, -0.1) is 0 Å². The van der Waals surface area contributed by atoms with Gasteiger partial charge in [0.25, 0.3) is 11.8 Å². The Morgan fingerprint density at radius 1 is 0.778 bits per heavy atom. The average Bonchev–Trinajstić information content (AvgIpc) is 2.90. The zero-order valence-corrected chi connectivity index (χ0v) is 19.7. The Kier molecular flexibility index (Phi) is 7.50. The Morgan fingerprint density at radius 2 is 1.50 bits per heavy atom. The highest BCUT2D eigenvalue weighted by atomic mass is 16.5. The number of amides is 4. The van der Waals surface area contributed by atoms with E-state index in [-0.39, 0.29) is 12.2 Å². The molecule has 3 aromatic carbocycles. The maximum absolute atomic E-state index is 13.1. The molecule has 0 radical (unpaired) electrons. The van der Waals surface area contributed by atoms with Crippen molar-refractivity contribution in [2.45, 2.75) is 0 Å². The number of hydrogen-bond donors (Lipinski definition) is 1. The van der Waals surface area contributed by atoms with Gasteiger partial charge in [-0.25, -0.2) is 9.69 Å². The largest absolute Gasteiger partial charge is 0.497 e. The van der Waals surface area contributed by atoms with Crippen LogP contribution in [0.4, 0.5) is 10.5 Å². The number of hydrogen-bond acceptors (Lipinski definition) is 7. The highest BCUT2D eigenvalue weighted by molar-refractivity contribution is 6.39. The topological polar surface area (TPSA) is 103 Å². The number of rotatable bonds is 9. The van der Waals surface area contributed by atoms with Crippen LogP contribution in [0, 0.1) is 0 Å². The number of methoxy groups -OCH3 is 2. The van der Waals surface area contributed by atoms with Gasteiger partial charge in [0.15, 0.2) is 11.5 Å². The van der Waals surface area contributed by atoms with Crippen LogP contribution < -0.4 is 29.2 Å². The number of nitrogens with zero attached hydrogens (tertiary/aromatic N) is 1. The number of para-hydroxylation sites is 1. The molecule has 0 bridgehead atoms. The Bertz CT molecular complexity index is 1290. The summed E-state index contributed by atoms with van der Waals surface area (Å²) in [5, 5.41) is 2.20. The number of urea groups is 1. The lowest BCUT2D eigenvalue weighted by molar-refractivity contribution is -0.122. The van der Waals surface area contributed by atoms with Crippen molar-refractivity contribution in [1.29, 1.82) is 0 Å². The predicted octanol–water partition coefficient (Wildman–Crippen LogP) is 3.83. The lowest BCUT2D eigenvalue weighted by Crippen LogP contribution is -2.54. The van der Waals surface area contributed by atoms with Gasteiger partial charge in [0, 0.05) is 0 Å². The second-order valence-corrected chi connectivity index (χ2v) is 7.58. The minimum Gasteiger partial charge on any atom is -0.497 e. The molecule has 0 atom stereocenters. The molecule has 9 nitrogen and oxygen atoms in total. The van der Waals surface area contributed by atoms with Gasteiger partial charge in [-0.2, -0.15) is 0 Å². The molecule has 0 spiro atoms. The molecule has 1 heterocycles. The first-order valence-corrected chi connectivity index (χ1v) is 11.0. The third-order valence-electron chi connectivity index (χ3n) is 5.28. The fourth-order valence-corrected chi connectivity index (χ4v) is 3.51. The third kappa shape index (κ3) is 5.47. The molecule has 0 aromatic heterocycles. The number of barbiturate groups is 1. The van der Waals surface area contributed by atoms with E-state index in [1.54, 1.807) is 42.5 Å². The van der Waals surface area contributed by atoms with E-state index in [2.05, 4.69) is 5.32 Å². The molecule has 184 valence electrons. The number of imide groups is 2. The van der Waals surface area contributed by atoms with Crippen molar-refractivity contribution in [3.8, 4) is 23.0 Å². The number of benzene rings is 3. The maximum Gasteiger partial charge on any atom is 0.335 e. The van der Waals surface area contributed by atoms with E-state index < -0.39 is 17.8 Å². The molecule has 1 N–H and O–H groups in total. The van der Waals surface area contributed by atoms with Crippen LogP contribution >= 0.6 is 0 Å². The van der Waals surface area contributed by atoms with Crippen molar-refractivity contribution in [1.82, 2.24) is 5.32 Å². The van der Waals surface area contributed by atoms with Crippen molar-refractivity contribution in [2.24, 2.45) is 0 Å². The zero-order chi connectivity index (χ0) is 25.5. The highest BCUT2D eigenvalue weighted by Gasteiger charge is 2.36. The summed E-state index contributed by atoms with van der Waals surface area (Å²) in [4.78, 5) is 38.9. The molecule has 0 aliphatic carbocycles. The van der Waals surface area contributed by atoms with E-state index >= 15 is 0 Å². The Morgan fingerprint density at radius 3 is 2.19 bits per heavy atom. The van der Waals surface area contributed by atoms with Crippen LogP contribution in [0.5, 0.6) is 23.0 Å². The Balaban J connectivity index is 1.49. The van der Waals surface area contributed by atoms with Crippen LogP contribution in [0.25, 0.3) is 6.08 Å². The summed E-state index contributed by atoms with van der Waals surface area (Å²) in [5.74, 6) is 0.670. The fraction of sp³-hybridized carbons (Fsp3) is 0.148. The number of carbonyl (C=O) groups excluding carboxylic acids is 3. The van der Waals surface area contributed by atoms with Gasteiger partial charge in [0.05, 0.1) is 19.9 Å². The van der Waals surface area contributed by atoms with Gasteiger partial charge >= 0.3 is 6.03 Å². The van der Waals surface area contributed by atoms with E-state index in [0.29, 0.717) is 35.1 Å². The molecule has 1 aliphatic rings. The molecular formula is C27H24N2O7. The van der Waals surface area contributed by atoms with Crippen LogP contribution in [-0.4, -0.2) is 45.3 Å². The summed E-state index contributed by atoms with van der Waals surface area (Å²) in [7, 11) is 3.00. The molecule has 36 heavy (non-hydrogen) atoms. The molecule has 9 heteroatoms. The van der Waals surface area contributed by atoms with Crippen molar-refractivity contribution in [3.63, 3.8) is 0 Å². The first kappa shape index (κ1) is 24.3. The van der Waals surface area contributed by atoms with Crippen molar-refractivity contribution >= 4 is 29.6 Å². The first-order valence-electron chi connectivity index (χ1n) is 11.0. The molecule has 4 amide bonds. The number of anilines is 1. The van der Waals surface area contributed by atoms with Gasteiger partial charge < -0.3 is 18.9 Å². The van der Waals surface area contributed by atoms with E-state index in [1.807, 2.05) is 30.3 Å². The Labute approximate surface area is 207 Å². The van der Waals surface area contributed by atoms with Crippen LogP contribution in [0.3, 0.4) is 0 Å². The molecular weight excluding hydrogens is 464 g/mol. The zero-order valence-electron chi connectivity index (χ0n) is 19.7. The summed E-state index contributed by atoms with van der Waals surface area (Å²) >= 11 is 0. The van der Waals surface area contributed by atoms with Gasteiger partial charge in [-0.3, -0.25) is 14.9 Å². The molecule has 0 unspecified atom stereocenters. The van der Waals surface area contributed by atoms with E-state index in [9.17, 15) is 14.4 Å². The lowest BCUT2D eigenvalue weighted by atomic mass is 10.1. The predicted molar refractivity (Wildman–Crippen MR) is 132 cm³/mol. The summed E-state index contributed by atoms with van der Waals surface area (Å²) in [6, 6.07) is 19.9. The monoisotopic (exact) mass is 488 g/mol. The Hall–Kier alpha value is -4.79. The maximum atomic E-state index is 13.1. The molecule has 4 rings (SSSR count). The summed E-state index contributed by atoms with van der Waals surface area (Å²) < 4.78 is 21.9. The molecule has 1 saturated heterocycles. The molecule has 0 saturated carbocycles. The van der Waals surface area contributed by atoms with Gasteiger partial charge in [0.2, 0.25) is 0 Å². The third-order valence-corrected chi connectivity index (χ3v) is 5.28. The average molecular weight is 488 g/mol. The summed E-state index contributed by atoms with van der Waals surface area (Å²) in [6.45, 7) is 0.619. The minimum atomic E-state index is -0.827. The quantitative estimate of drug-likeness (QED) is 0.277. The van der Waals surface area contributed by atoms with Crippen LogP contribution in [0.15, 0.2) is 78.4 Å². The van der Waals surface area contributed by atoms with Crippen molar-refractivity contribution in [2.75, 3.05) is 32.3 Å². The normalized spacial score (nSPS) is 14.4. The van der Waals surface area contributed by atoms with E-state index in [0.717, 1.165) is 10.6 Å². The smallest absolute Gasteiger partial charge is 0.335 e. The second-order valence-electron chi connectivity index (χ2n) is 7.58. The summed E-state index contributed by atoms with van der Waals surface area (Å²) in [6.07, 6.45) is 1.39. The standard InChI is InChI=1S/C27H24N2O7/c1-33-20-11-9-19(10-12-20)29-26(31)22(25(30)28-27(29)32)16-18-8-13-23(24(17-18)34-2)36-15-14-35-21-6-4-3-5-7-21/h3-13,16-17H,14-15H2,1-2H3,(H,28,30,32)/b22-16-. The second kappa shape index (κ2) is 11.1. The minimum absolute atomic E-state index is 0.197. The van der Waals surface area contributed by atoms with Crippen LogP contribution in [0.2, 0.25) is 0 Å². The molecule has 1 aliphatic heterocycles. The number of nitrogens with one attached hydrogen (secondary N) is 1. The van der Waals surface area contributed by atoms with Gasteiger partial charge in [0.1, 0.15) is 30.3 Å². The lowest BCUT2D eigenvalue weighted by Gasteiger charge is -2.26. The van der Waals surface area contributed by atoms with Crippen LogP contribution in [0.1, 0.15) is 5.56 Å². The molecule has 3 aromatic rings. The summed E-state index contributed by atoms with van der Waals surface area (Å²) in [5.41, 5.74) is 0.621. The van der Waals surface area contributed by atoms with Crippen molar-refractivity contribution in [3.05, 3.63) is 83.9 Å². The first-order chi connectivity index (χ1) is 17.5. The van der Waals surface area contributed by atoms with Crippen molar-refractivity contribution < 1.29 is 33.3 Å². The fourth-order valence-electron chi connectivity index (χ4n) is 3.51. The SMILES string of the molecule is COc1ccc(N2C(=O)NC(=O)/C(=C/c3ccc(OCCOc4ccccc4)c(OC)c3)C2=O)cc1. The number of carbonyl (C=O) groups is 3. The van der Waals surface area contributed by atoms with Gasteiger partial charge in [-0.05, 0) is 60.2 Å². The van der Waals surface area contributed by atoms with Crippen LogP contribution in [-0.2, 0) is 9.59 Å². The van der Waals surface area contributed by atoms with E-state index in [1.165, 1.54) is 20.3 Å². The number of ether oxygens (including phenoxy) is 4. The van der Waals surface area contributed by atoms with E-state index in [4.69, 9.17) is 18.9 Å². The highest BCUT2D eigenvalue weighted by Crippen LogP contribution is 2.30.